The Morgan fingerprint density at radius 3 is 2.60 bits per heavy atom. The van der Waals surface area contributed by atoms with Gasteiger partial charge < -0.3 is 10.1 Å². The molecule has 15 heavy (non-hydrogen) atoms. The van der Waals surface area contributed by atoms with E-state index in [-0.39, 0.29) is 6.10 Å². The molecule has 0 aromatic heterocycles. The lowest BCUT2D eigenvalue weighted by Crippen LogP contribution is -2.15. The first kappa shape index (κ1) is 11.8. The first-order valence-electron chi connectivity index (χ1n) is 5.24. The lowest BCUT2D eigenvalue weighted by molar-refractivity contribution is 0.265. The van der Waals surface area contributed by atoms with Gasteiger partial charge in [-0.3, -0.25) is 0 Å². The summed E-state index contributed by atoms with van der Waals surface area (Å²) in [7, 11) is 1.94. The molecule has 0 saturated heterocycles. The summed E-state index contributed by atoms with van der Waals surface area (Å²) in [4.78, 5) is 0. The van der Waals surface area contributed by atoms with Crippen LogP contribution < -0.4 is 10.1 Å². The SMILES string of the molecule is C=CC(C)Oc1ccccc1C(C)NC. The number of benzene rings is 1. The van der Waals surface area contributed by atoms with Gasteiger partial charge in [0.25, 0.3) is 0 Å². The molecular formula is C13H19NO. The minimum absolute atomic E-state index is 0.0372. The maximum Gasteiger partial charge on any atom is 0.124 e. The van der Waals surface area contributed by atoms with Crippen molar-refractivity contribution >= 4 is 0 Å². The molecule has 0 aliphatic rings. The number of rotatable bonds is 5. The van der Waals surface area contributed by atoms with Crippen LogP contribution in [0, 0.1) is 0 Å². The van der Waals surface area contributed by atoms with Gasteiger partial charge >= 0.3 is 0 Å². The van der Waals surface area contributed by atoms with Crippen molar-refractivity contribution in [3.63, 3.8) is 0 Å². The highest BCUT2D eigenvalue weighted by Crippen LogP contribution is 2.25. The van der Waals surface area contributed by atoms with Gasteiger partial charge in [-0.15, -0.1) is 0 Å². The second kappa shape index (κ2) is 5.56. The lowest BCUT2D eigenvalue weighted by Gasteiger charge is -2.18. The van der Waals surface area contributed by atoms with Gasteiger partial charge in [0.05, 0.1) is 0 Å². The number of para-hydroxylation sites is 1. The molecule has 0 spiro atoms. The highest BCUT2D eigenvalue weighted by atomic mass is 16.5. The molecule has 2 unspecified atom stereocenters. The van der Waals surface area contributed by atoms with Crippen LogP contribution in [0.4, 0.5) is 0 Å². The summed E-state index contributed by atoms with van der Waals surface area (Å²) in [6.45, 7) is 7.80. The quantitative estimate of drug-likeness (QED) is 0.746. The third-order valence-electron chi connectivity index (χ3n) is 2.46. The molecule has 1 aromatic carbocycles. The fraction of sp³-hybridized carbons (Fsp3) is 0.385. The van der Waals surface area contributed by atoms with E-state index in [1.807, 2.05) is 32.2 Å². The lowest BCUT2D eigenvalue weighted by atomic mass is 10.1. The summed E-state index contributed by atoms with van der Waals surface area (Å²) in [5, 5.41) is 3.21. The van der Waals surface area contributed by atoms with Gasteiger partial charge in [0, 0.05) is 11.6 Å². The summed E-state index contributed by atoms with van der Waals surface area (Å²) in [5.41, 5.74) is 1.17. The zero-order valence-electron chi connectivity index (χ0n) is 9.66. The van der Waals surface area contributed by atoms with E-state index in [9.17, 15) is 0 Å². The standard InChI is InChI=1S/C13H19NO/c1-5-10(2)15-13-9-7-6-8-12(13)11(3)14-4/h5-11,14H,1H2,2-4H3. The first-order chi connectivity index (χ1) is 7.19. The van der Waals surface area contributed by atoms with E-state index in [1.54, 1.807) is 6.08 Å². The second-order valence-corrected chi connectivity index (χ2v) is 3.61. The van der Waals surface area contributed by atoms with Gasteiger partial charge in [0.15, 0.2) is 0 Å². The van der Waals surface area contributed by atoms with Crippen molar-refractivity contribution in [3.05, 3.63) is 42.5 Å². The molecule has 2 atom stereocenters. The van der Waals surface area contributed by atoms with Crippen LogP contribution in [0.3, 0.4) is 0 Å². The molecule has 0 saturated carbocycles. The number of hydrogen-bond acceptors (Lipinski definition) is 2. The minimum atomic E-state index is 0.0372. The van der Waals surface area contributed by atoms with E-state index in [1.165, 1.54) is 5.56 Å². The Morgan fingerprint density at radius 2 is 2.00 bits per heavy atom. The molecule has 1 rings (SSSR count). The van der Waals surface area contributed by atoms with Crippen molar-refractivity contribution < 1.29 is 4.74 Å². The molecule has 0 bridgehead atoms. The van der Waals surface area contributed by atoms with E-state index in [2.05, 4.69) is 24.9 Å². The smallest absolute Gasteiger partial charge is 0.124 e. The molecule has 0 fully saturated rings. The molecule has 0 amide bonds. The van der Waals surface area contributed by atoms with E-state index < -0.39 is 0 Å². The number of ether oxygens (including phenoxy) is 1. The summed E-state index contributed by atoms with van der Waals surface area (Å²) in [5.74, 6) is 0.923. The highest BCUT2D eigenvalue weighted by Gasteiger charge is 2.10. The zero-order chi connectivity index (χ0) is 11.3. The van der Waals surface area contributed by atoms with Gasteiger partial charge in [-0.1, -0.05) is 30.9 Å². The molecule has 0 radical (unpaired) electrons. The first-order valence-corrected chi connectivity index (χ1v) is 5.24. The highest BCUT2D eigenvalue weighted by molar-refractivity contribution is 5.35. The normalized spacial score (nSPS) is 14.3. The molecule has 82 valence electrons. The van der Waals surface area contributed by atoms with E-state index in [0.717, 1.165) is 5.75 Å². The summed E-state index contributed by atoms with van der Waals surface area (Å²) in [6.07, 6.45) is 1.83. The average molecular weight is 205 g/mol. The topological polar surface area (TPSA) is 21.3 Å². The van der Waals surface area contributed by atoms with Crippen LogP contribution >= 0.6 is 0 Å². The molecule has 2 heteroatoms. The van der Waals surface area contributed by atoms with Crippen LogP contribution in [0.25, 0.3) is 0 Å². The van der Waals surface area contributed by atoms with Crippen molar-refractivity contribution in [1.29, 1.82) is 0 Å². The largest absolute Gasteiger partial charge is 0.486 e. The molecule has 0 heterocycles. The van der Waals surface area contributed by atoms with Crippen LogP contribution in [0.15, 0.2) is 36.9 Å². The van der Waals surface area contributed by atoms with Crippen molar-refractivity contribution in [2.24, 2.45) is 0 Å². The number of hydrogen-bond donors (Lipinski definition) is 1. The molecule has 0 aliphatic heterocycles. The van der Waals surface area contributed by atoms with Crippen LogP contribution in [-0.4, -0.2) is 13.2 Å². The Hall–Kier alpha value is -1.28. The fourth-order valence-corrected chi connectivity index (χ4v) is 1.35. The van der Waals surface area contributed by atoms with Crippen LogP contribution in [0.1, 0.15) is 25.5 Å². The fourth-order valence-electron chi connectivity index (χ4n) is 1.35. The van der Waals surface area contributed by atoms with Crippen LogP contribution in [-0.2, 0) is 0 Å². The third-order valence-corrected chi connectivity index (χ3v) is 2.46. The maximum absolute atomic E-state index is 5.76. The summed E-state index contributed by atoms with van der Waals surface area (Å²) < 4.78 is 5.76. The Morgan fingerprint density at radius 1 is 1.33 bits per heavy atom. The Labute approximate surface area is 92.0 Å². The Kier molecular flexibility index (Phi) is 4.37. The third kappa shape index (κ3) is 3.10. The van der Waals surface area contributed by atoms with E-state index in [4.69, 9.17) is 4.74 Å². The van der Waals surface area contributed by atoms with Gasteiger partial charge in [-0.2, -0.15) is 0 Å². The number of nitrogens with one attached hydrogen (secondary N) is 1. The van der Waals surface area contributed by atoms with Gasteiger partial charge in [0.2, 0.25) is 0 Å². The Balaban J connectivity index is 2.90. The average Bonchev–Trinajstić information content (AvgIpc) is 2.28. The predicted molar refractivity (Wildman–Crippen MR) is 64.2 cm³/mol. The Bertz CT molecular complexity index is 322. The molecule has 1 N–H and O–H groups in total. The van der Waals surface area contributed by atoms with Crippen molar-refractivity contribution in [2.45, 2.75) is 26.0 Å². The van der Waals surface area contributed by atoms with Crippen LogP contribution in [0.2, 0.25) is 0 Å². The second-order valence-electron chi connectivity index (χ2n) is 3.61. The van der Waals surface area contributed by atoms with Gasteiger partial charge in [-0.25, -0.2) is 0 Å². The predicted octanol–water partition coefficient (Wildman–Crippen LogP) is 2.92. The monoisotopic (exact) mass is 205 g/mol. The minimum Gasteiger partial charge on any atom is -0.486 e. The van der Waals surface area contributed by atoms with E-state index >= 15 is 0 Å². The molecule has 1 aromatic rings. The molecular weight excluding hydrogens is 186 g/mol. The van der Waals surface area contributed by atoms with E-state index in [0.29, 0.717) is 6.04 Å². The van der Waals surface area contributed by atoms with Crippen LogP contribution in [0.5, 0.6) is 5.75 Å². The van der Waals surface area contributed by atoms with Gasteiger partial charge in [-0.05, 0) is 27.0 Å². The van der Waals surface area contributed by atoms with Crippen molar-refractivity contribution in [3.8, 4) is 5.75 Å². The summed E-state index contributed by atoms with van der Waals surface area (Å²) >= 11 is 0. The van der Waals surface area contributed by atoms with Crippen molar-refractivity contribution in [1.82, 2.24) is 5.32 Å². The molecule has 0 aliphatic carbocycles. The molecule has 2 nitrogen and oxygen atoms in total. The maximum atomic E-state index is 5.76. The zero-order valence-corrected chi connectivity index (χ0v) is 9.66. The summed E-state index contributed by atoms with van der Waals surface area (Å²) in [6, 6.07) is 8.36. The van der Waals surface area contributed by atoms with Gasteiger partial charge in [0.1, 0.15) is 11.9 Å². The van der Waals surface area contributed by atoms with Crippen molar-refractivity contribution in [2.75, 3.05) is 7.05 Å².